The number of carbonyl (C=O) groups excluding carboxylic acids is 1. The van der Waals surface area contributed by atoms with E-state index in [9.17, 15) is 4.79 Å². The molecule has 4 nitrogen and oxygen atoms in total. The van der Waals surface area contributed by atoms with Crippen LogP contribution in [0.25, 0.3) is 0 Å². The summed E-state index contributed by atoms with van der Waals surface area (Å²) in [6.45, 7) is 9.63. The van der Waals surface area contributed by atoms with Crippen LogP contribution in [0.3, 0.4) is 0 Å². The van der Waals surface area contributed by atoms with Gasteiger partial charge in [-0.15, -0.1) is 0 Å². The zero-order valence-corrected chi connectivity index (χ0v) is 12.4. The molecule has 2 atom stereocenters. The molecule has 1 rings (SSSR count). The third-order valence-corrected chi connectivity index (χ3v) is 3.72. The summed E-state index contributed by atoms with van der Waals surface area (Å²) in [6, 6.07) is 0.786. The Morgan fingerprint density at radius 2 is 2.00 bits per heavy atom. The molecule has 0 aliphatic heterocycles. The van der Waals surface area contributed by atoms with Crippen molar-refractivity contribution < 1.29 is 9.53 Å². The van der Waals surface area contributed by atoms with E-state index in [0.717, 1.165) is 0 Å². The molecule has 0 aromatic heterocycles. The average Bonchev–Trinajstić information content (AvgIpc) is 3.11. The van der Waals surface area contributed by atoms with Gasteiger partial charge in [0.15, 0.2) is 0 Å². The number of rotatable bonds is 8. The minimum atomic E-state index is -0.191. The summed E-state index contributed by atoms with van der Waals surface area (Å²) in [6.07, 6.45) is 2.36. The van der Waals surface area contributed by atoms with Crippen molar-refractivity contribution in [1.82, 2.24) is 10.2 Å². The molecule has 0 bridgehead atoms. The van der Waals surface area contributed by atoms with Crippen molar-refractivity contribution >= 4 is 5.97 Å². The minimum absolute atomic E-state index is 0.118. The van der Waals surface area contributed by atoms with Gasteiger partial charge >= 0.3 is 5.97 Å². The van der Waals surface area contributed by atoms with Gasteiger partial charge in [-0.3, -0.25) is 4.79 Å². The summed E-state index contributed by atoms with van der Waals surface area (Å²) < 4.78 is 5.15. The highest BCUT2D eigenvalue weighted by Gasteiger charge is 2.30. The third kappa shape index (κ3) is 4.94. The Bertz CT molecular complexity index is 265. The van der Waals surface area contributed by atoms with E-state index in [0.29, 0.717) is 31.2 Å². The predicted octanol–water partition coefficient (Wildman–Crippen LogP) is 1.65. The molecular weight excluding hydrogens is 228 g/mol. The summed E-state index contributed by atoms with van der Waals surface area (Å²) in [5, 5.41) is 3.38. The van der Waals surface area contributed by atoms with Gasteiger partial charge in [-0.1, -0.05) is 13.8 Å². The Hall–Kier alpha value is -0.610. The second-order valence-electron chi connectivity index (χ2n) is 5.67. The normalized spacial score (nSPS) is 19.1. The monoisotopic (exact) mass is 256 g/mol. The molecule has 1 fully saturated rings. The molecule has 0 aromatic carbocycles. The number of ether oxygens (including phenoxy) is 1. The fourth-order valence-corrected chi connectivity index (χ4v) is 1.94. The van der Waals surface area contributed by atoms with Crippen LogP contribution in [-0.2, 0) is 9.53 Å². The molecule has 1 aliphatic carbocycles. The molecule has 0 aromatic rings. The lowest BCUT2D eigenvalue weighted by Gasteiger charge is -2.31. The first-order valence-electron chi connectivity index (χ1n) is 7.08. The standard InChI is InChI=1S/C14H28N2O2/c1-6-18-14(17)13(15-12-7-8-12)9-16(5)11(4)10(2)3/h10-13,15H,6-9H2,1-5H3. The highest BCUT2D eigenvalue weighted by atomic mass is 16.5. The van der Waals surface area contributed by atoms with Crippen LogP contribution in [0.1, 0.15) is 40.5 Å². The number of hydrogen-bond donors (Lipinski definition) is 1. The summed E-state index contributed by atoms with van der Waals surface area (Å²) in [4.78, 5) is 14.2. The summed E-state index contributed by atoms with van der Waals surface area (Å²) in [7, 11) is 2.07. The number of likely N-dealkylation sites (N-methyl/N-ethyl adjacent to an activating group) is 1. The Morgan fingerprint density at radius 3 is 2.44 bits per heavy atom. The van der Waals surface area contributed by atoms with Gasteiger partial charge in [0.25, 0.3) is 0 Å². The highest BCUT2D eigenvalue weighted by molar-refractivity contribution is 5.76. The Morgan fingerprint density at radius 1 is 1.39 bits per heavy atom. The molecule has 106 valence electrons. The Balaban J connectivity index is 2.50. The second kappa shape index (κ2) is 7.10. The maximum absolute atomic E-state index is 11.9. The molecular formula is C14H28N2O2. The van der Waals surface area contributed by atoms with Gasteiger partial charge in [0.1, 0.15) is 6.04 Å². The smallest absolute Gasteiger partial charge is 0.324 e. The maximum Gasteiger partial charge on any atom is 0.324 e. The second-order valence-corrected chi connectivity index (χ2v) is 5.67. The van der Waals surface area contributed by atoms with Gasteiger partial charge < -0.3 is 15.0 Å². The molecule has 1 aliphatic rings. The van der Waals surface area contributed by atoms with Crippen LogP contribution >= 0.6 is 0 Å². The number of esters is 1. The fourth-order valence-electron chi connectivity index (χ4n) is 1.94. The van der Waals surface area contributed by atoms with Crippen LogP contribution < -0.4 is 5.32 Å². The minimum Gasteiger partial charge on any atom is -0.465 e. The van der Waals surface area contributed by atoms with Crippen molar-refractivity contribution in [2.45, 2.75) is 58.7 Å². The van der Waals surface area contributed by atoms with Crippen molar-refractivity contribution in [3.63, 3.8) is 0 Å². The van der Waals surface area contributed by atoms with E-state index in [4.69, 9.17) is 4.74 Å². The molecule has 1 saturated carbocycles. The molecule has 0 radical (unpaired) electrons. The van der Waals surface area contributed by atoms with E-state index >= 15 is 0 Å². The Labute approximate surface area is 111 Å². The van der Waals surface area contributed by atoms with Crippen molar-refractivity contribution in [2.24, 2.45) is 5.92 Å². The number of carbonyl (C=O) groups is 1. The lowest BCUT2D eigenvalue weighted by Crippen LogP contribution is -2.49. The SMILES string of the molecule is CCOC(=O)C(CN(C)C(C)C(C)C)NC1CC1. The molecule has 0 amide bonds. The van der Waals surface area contributed by atoms with Crippen molar-refractivity contribution in [3.05, 3.63) is 0 Å². The molecule has 18 heavy (non-hydrogen) atoms. The Kier molecular flexibility index (Phi) is 6.09. The fraction of sp³-hybridized carbons (Fsp3) is 0.929. The zero-order valence-electron chi connectivity index (χ0n) is 12.4. The first kappa shape index (κ1) is 15.4. The maximum atomic E-state index is 11.9. The van der Waals surface area contributed by atoms with Gasteiger partial charge in [0, 0.05) is 18.6 Å². The van der Waals surface area contributed by atoms with Gasteiger partial charge in [-0.25, -0.2) is 0 Å². The average molecular weight is 256 g/mol. The van der Waals surface area contributed by atoms with Crippen molar-refractivity contribution in [1.29, 1.82) is 0 Å². The van der Waals surface area contributed by atoms with Crippen molar-refractivity contribution in [3.8, 4) is 0 Å². The van der Waals surface area contributed by atoms with Crippen LogP contribution in [0.4, 0.5) is 0 Å². The van der Waals surface area contributed by atoms with Gasteiger partial charge in [-0.2, -0.15) is 0 Å². The molecule has 4 heteroatoms. The van der Waals surface area contributed by atoms with E-state index in [1.54, 1.807) is 0 Å². The van der Waals surface area contributed by atoms with Crippen LogP contribution in [0, 0.1) is 5.92 Å². The van der Waals surface area contributed by atoms with Gasteiger partial charge in [0.2, 0.25) is 0 Å². The molecule has 0 saturated heterocycles. The van der Waals surface area contributed by atoms with E-state index in [1.807, 2.05) is 6.92 Å². The predicted molar refractivity (Wildman–Crippen MR) is 73.5 cm³/mol. The van der Waals surface area contributed by atoms with E-state index < -0.39 is 0 Å². The lowest BCUT2D eigenvalue weighted by atomic mass is 10.0. The largest absolute Gasteiger partial charge is 0.465 e. The third-order valence-electron chi connectivity index (χ3n) is 3.72. The summed E-state index contributed by atoms with van der Waals surface area (Å²) in [5.41, 5.74) is 0. The first-order valence-corrected chi connectivity index (χ1v) is 7.08. The first-order chi connectivity index (χ1) is 8.45. The van der Waals surface area contributed by atoms with Gasteiger partial charge in [0.05, 0.1) is 6.61 Å². The number of hydrogen-bond acceptors (Lipinski definition) is 4. The molecule has 2 unspecified atom stereocenters. The molecule has 1 N–H and O–H groups in total. The lowest BCUT2D eigenvalue weighted by molar-refractivity contribution is -0.146. The molecule has 0 spiro atoms. The molecule has 0 heterocycles. The quantitative estimate of drug-likeness (QED) is 0.671. The topological polar surface area (TPSA) is 41.6 Å². The van der Waals surface area contributed by atoms with E-state index in [1.165, 1.54) is 12.8 Å². The number of nitrogens with zero attached hydrogens (tertiary/aromatic N) is 1. The summed E-state index contributed by atoms with van der Waals surface area (Å²) >= 11 is 0. The summed E-state index contributed by atoms with van der Waals surface area (Å²) in [5.74, 6) is 0.464. The van der Waals surface area contributed by atoms with Crippen LogP contribution in [-0.4, -0.2) is 49.2 Å². The number of nitrogens with one attached hydrogen (secondary N) is 1. The van der Waals surface area contributed by atoms with Crippen LogP contribution in [0.5, 0.6) is 0 Å². The van der Waals surface area contributed by atoms with E-state index in [2.05, 4.69) is 38.0 Å². The van der Waals surface area contributed by atoms with Crippen LogP contribution in [0.2, 0.25) is 0 Å². The zero-order chi connectivity index (χ0) is 13.7. The van der Waals surface area contributed by atoms with Gasteiger partial charge in [-0.05, 0) is 39.7 Å². The van der Waals surface area contributed by atoms with E-state index in [-0.39, 0.29) is 12.0 Å². The van der Waals surface area contributed by atoms with Crippen molar-refractivity contribution in [2.75, 3.05) is 20.2 Å². The van der Waals surface area contributed by atoms with Crippen LogP contribution in [0.15, 0.2) is 0 Å². The highest BCUT2D eigenvalue weighted by Crippen LogP contribution is 2.20.